The molecule has 1 aliphatic heterocycles. The Kier molecular flexibility index (Phi) is 15.5. The zero-order chi connectivity index (χ0) is 14.7. The maximum Gasteiger partial charge on any atom is 0.343 e. The van der Waals surface area contributed by atoms with Gasteiger partial charge in [0.15, 0.2) is 0 Å². The summed E-state index contributed by atoms with van der Waals surface area (Å²) >= 11 is 11.2. The minimum absolute atomic E-state index is 0. The molecule has 0 saturated carbocycles. The molecule has 0 aliphatic carbocycles. The van der Waals surface area contributed by atoms with Crippen molar-refractivity contribution in [2.75, 3.05) is 38.0 Å². The predicted molar refractivity (Wildman–Crippen MR) is 77.1 cm³/mol. The number of halogens is 2. The van der Waals surface area contributed by atoms with Crippen molar-refractivity contribution in [2.45, 2.75) is 19.8 Å². The number of carboxylic acids is 1. The van der Waals surface area contributed by atoms with Crippen LogP contribution in [0.3, 0.4) is 0 Å². The average Bonchev–Trinajstić information content (AvgIpc) is 2.40. The molecule has 1 heterocycles. The Hall–Kier alpha value is 0.783. The van der Waals surface area contributed by atoms with Gasteiger partial charge in [-0.2, -0.15) is 0 Å². The maximum absolute atomic E-state index is 12.2. The van der Waals surface area contributed by atoms with Crippen LogP contribution in [-0.4, -0.2) is 53.7 Å². The number of hydrogen-bond acceptors (Lipinski definition) is 3. The fourth-order valence-corrected chi connectivity index (χ4v) is 3.92. The van der Waals surface area contributed by atoms with Gasteiger partial charge in [-0.25, -0.2) is 9.76 Å². The molecule has 0 aromatic rings. The molecular weight excluding hydrogens is 417 g/mol. The number of carboxylic acid groups (broad SMARTS) is 1. The Morgan fingerprint density at radius 2 is 1.90 bits per heavy atom. The molecule has 1 atom stereocenters. The molecule has 1 unspecified atom stereocenters. The van der Waals surface area contributed by atoms with E-state index in [1.807, 2.05) is 0 Å². The number of rotatable bonds is 6. The summed E-state index contributed by atoms with van der Waals surface area (Å²) in [5.41, 5.74) is 0. The maximum atomic E-state index is 12.2. The van der Waals surface area contributed by atoms with Gasteiger partial charge in [-0.05, 0) is 6.42 Å². The van der Waals surface area contributed by atoms with Gasteiger partial charge in [-0.15, -0.1) is 23.2 Å². The van der Waals surface area contributed by atoms with Gasteiger partial charge in [0, 0.05) is 57.3 Å². The van der Waals surface area contributed by atoms with Crippen LogP contribution in [-0.2, 0) is 33.4 Å². The van der Waals surface area contributed by atoms with Crippen molar-refractivity contribution >= 4 is 36.8 Å². The molecular formula is C10H21Cl2N2O4PRh. The fraction of sp³-hybridized carbons (Fsp3) is 0.900. The summed E-state index contributed by atoms with van der Waals surface area (Å²) in [6.45, 7) is 3.91. The van der Waals surface area contributed by atoms with E-state index in [2.05, 4.69) is 5.09 Å². The quantitative estimate of drug-likeness (QED) is 0.377. The second-order valence-corrected chi connectivity index (χ2v) is 6.63. The number of hydrogen-bond donors (Lipinski definition) is 2. The Morgan fingerprint density at radius 1 is 1.40 bits per heavy atom. The van der Waals surface area contributed by atoms with Gasteiger partial charge >= 0.3 is 13.6 Å². The van der Waals surface area contributed by atoms with Crippen molar-refractivity contribution in [3.8, 4) is 0 Å². The van der Waals surface area contributed by atoms with Crippen molar-refractivity contribution in [1.29, 1.82) is 0 Å². The molecule has 0 spiro atoms. The molecule has 10 heteroatoms. The van der Waals surface area contributed by atoms with E-state index in [1.165, 1.54) is 0 Å². The van der Waals surface area contributed by atoms with Gasteiger partial charge in [0.05, 0.1) is 6.61 Å². The van der Waals surface area contributed by atoms with Gasteiger partial charge in [0.25, 0.3) is 0 Å². The number of nitrogens with one attached hydrogen (secondary N) is 1. The Bertz CT molecular complexity index is 297. The number of alkyl halides is 2. The average molecular weight is 438 g/mol. The molecule has 20 heavy (non-hydrogen) atoms. The summed E-state index contributed by atoms with van der Waals surface area (Å²) in [5.74, 6) is 0.0997. The molecule has 1 rings (SSSR count). The molecule has 6 nitrogen and oxygen atoms in total. The monoisotopic (exact) mass is 437 g/mol. The number of nitrogens with zero attached hydrogens (tertiary/aromatic N) is 1. The van der Waals surface area contributed by atoms with Crippen LogP contribution in [0.5, 0.6) is 0 Å². The van der Waals surface area contributed by atoms with E-state index < -0.39 is 13.6 Å². The van der Waals surface area contributed by atoms with Gasteiger partial charge in [-0.1, -0.05) is 6.92 Å². The van der Waals surface area contributed by atoms with Crippen molar-refractivity contribution in [1.82, 2.24) is 9.76 Å². The summed E-state index contributed by atoms with van der Waals surface area (Å²) in [5, 5.41) is 10.6. The normalized spacial score (nSPS) is 21.6. The first-order chi connectivity index (χ1) is 9.00. The van der Waals surface area contributed by atoms with Gasteiger partial charge in [0.2, 0.25) is 0 Å². The molecule has 0 aromatic heterocycles. The summed E-state index contributed by atoms with van der Waals surface area (Å²) in [4.78, 5) is 9.37. The minimum Gasteiger partial charge on any atom is -0.481 e. The first-order valence-corrected chi connectivity index (χ1v) is 8.73. The fourth-order valence-electron chi connectivity index (χ4n) is 1.28. The number of carbonyl (C=O) groups is 1. The van der Waals surface area contributed by atoms with E-state index in [4.69, 9.17) is 32.8 Å². The molecule has 123 valence electrons. The second kappa shape index (κ2) is 13.4. The third-order valence-electron chi connectivity index (χ3n) is 2.26. The molecule has 1 radical (unpaired) electrons. The standard InChI is InChI=1S/C7H15Cl2N2O2P.C3H6O2.Rh/c8-2-5-11(6-3-9)14(12)10-4-1-7-13-14;1-2-3(4)5;/h1-7H2,(H,10,12);2H2,1H3,(H,4,5);. The summed E-state index contributed by atoms with van der Waals surface area (Å²) < 4.78 is 19.2. The molecule has 1 fully saturated rings. The van der Waals surface area contributed by atoms with Crippen LogP contribution in [0.2, 0.25) is 0 Å². The zero-order valence-corrected chi connectivity index (χ0v) is 15.4. The van der Waals surface area contributed by atoms with Gasteiger partial charge in [0.1, 0.15) is 0 Å². The molecule has 1 aliphatic rings. The third kappa shape index (κ3) is 9.67. The molecule has 2 N–H and O–H groups in total. The smallest absolute Gasteiger partial charge is 0.343 e. The van der Waals surface area contributed by atoms with Gasteiger partial charge < -0.3 is 9.63 Å². The SMILES string of the molecule is CCC(=O)O.O=P1(N(CCCl)CCCl)NCCCO1.[Rh]. The largest absolute Gasteiger partial charge is 0.481 e. The van der Waals surface area contributed by atoms with E-state index in [1.54, 1.807) is 11.6 Å². The van der Waals surface area contributed by atoms with Crippen LogP contribution in [0.15, 0.2) is 0 Å². The molecule has 1 saturated heterocycles. The van der Waals surface area contributed by atoms with E-state index in [-0.39, 0.29) is 25.9 Å². The summed E-state index contributed by atoms with van der Waals surface area (Å²) in [6.07, 6.45) is 1.11. The van der Waals surface area contributed by atoms with Crippen molar-refractivity contribution in [3.63, 3.8) is 0 Å². The van der Waals surface area contributed by atoms with Crippen LogP contribution in [0.4, 0.5) is 0 Å². The van der Waals surface area contributed by atoms with Crippen LogP contribution in [0.1, 0.15) is 19.8 Å². The van der Waals surface area contributed by atoms with Crippen LogP contribution in [0, 0.1) is 0 Å². The Morgan fingerprint density at radius 3 is 2.20 bits per heavy atom. The van der Waals surface area contributed by atoms with Gasteiger partial charge in [-0.3, -0.25) is 9.36 Å². The first kappa shape index (κ1) is 23.1. The summed E-state index contributed by atoms with van der Waals surface area (Å²) in [7, 11) is -2.84. The minimum atomic E-state index is -2.84. The Labute approximate surface area is 142 Å². The van der Waals surface area contributed by atoms with Crippen LogP contribution < -0.4 is 5.09 Å². The third-order valence-corrected chi connectivity index (χ3v) is 4.90. The molecule has 0 amide bonds. The van der Waals surface area contributed by atoms with Crippen molar-refractivity contribution < 1.29 is 38.5 Å². The van der Waals surface area contributed by atoms with E-state index in [0.29, 0.717) is 31.5 Å². The summed E-state index contributed by atoms with van der Waals surface area (Å²) in [6, 6.07) is 0. The Balaban J connectivity index is 0. The van der Waals surface area contributed by atoms with E-state index in [0.717, 1.165) is 13.0 Å². The first-order valence-electron chi connectivity index (χ1n) is 6.09. The molecule has 0 aromatic carbocycles. The van der Waals surface area contributed by atoms with Crippen molar-refractivity contribution in [3.05, 3.63) is 0 Å². The molecule has 0 bridgehead atoms. The second-order valence-electron chi connectivity index (χ2n) is 3.69. The predicted octanol–water partition coefficient (Wildman–Crippen LogP) is 2.36. The zero-order valence-electron chi connectivity index (χ0n) is 11.3. The van der Waals surface area contributed by atoms with E-state index >= 15 is 0 Å². The topological polar surface area (TPSA) is 78.9 Å². The van der Waals surface area contributed by atoms with Crippen LogP contribution in [0.25, 0.3) is 0 Å². The van der Waals surface area contributed by atoms with Crippen LogP contribution >= 0.6 is 30.9 Å². The number of aliphatic carboxylic acids is 1. The van der Waals surface area contributed by atoms with E-state index in [9.17, 15) is 9.36 Å². The van der Waals surface area contributed by atoms with Crippen molar-refractivity contribution in [2.24, 2.45) is 0 Å².